The van der Waals surface area contributed by atoms with Gasteiger partial charge in [0.1, 0.15) is 0 Å². The van der Waals surface area contributed by atoms with E-state index in [1.54, 1.807) is 11.3 Å². The van der Waals surface area contributed by atoms with Crippen molar-refractivity contribution in [1.82, 2.24) is 4.57 Å². The average Bonchev–Trinajstić information content (AvgIpc) is 3.16. The molecule has 0 atom stereocenters. The number of aryl methyl sites for hydroxylation is 1. The van der Waals surface area contributed by atoms with Gasteiger partial charge in [0, 0.05) is 38.7 Å². The first-order valence-corrected chi connectivity index (χ1v) is 9.56. The number of benzene rings is 1. The second-order valence-corrected chi connectivity index (χ2v) is 6.00. The van der Waals surface area contributed by atoms with E-state index in [4.69, 9.17) is 0 Å². The normalized spacial score (nSPS) is 9.64. The van der Waals surface area contributed by atoms with Crippen molar-refractivity contribution >= 4 is 56.6 Å². The van der Waals surface area contributed by atoms with Crippen LogP contribution in [0.25, 0.3) is 45.3 Å². The van der Waals surface area contributed by atoms with Crippen LogP contribution in [0.5, 0.6) is 0 Å². The molecule has 0 radical (unpaired) electrons. The van der Waals surface area contributed by atoms with Gasteiger partial charge in [-0.05, 0) is 23.8 Å². The summed E-state index contributed by atoms with van der Waals surface area (Å²) in [6.07, 6.45) is 7.59. The first kappa shape index (κ1) is 20.7. The van der Waals surface area contributed by atoms with Crippen molar-refractivity contribution in [3.05, 3.63) is 60.1 Å². The predicted molar refractivity (Wildman–Crippen MR) is 121 cm³/mol. The number of hydrogen-bond acceptors (Lipinski definition) is 1. The summed E-state index contributed by atoms with van der Waals surface area (Å²) in [7, 11) is 2.06. The van der Waals surface area contributed by atoms with E-state index in [2.05, 4.69) is 50.1 Å². The van der Waals surface area contributed by atoms with Gasteiger partial charge >= 0.3 is 0 Å². The molecule has 1 nitrogen and oxygen atoms in total. The van der Waals surface area contributed by atoms with E-state index in [1.165, 1.54) is 25.9 Å². The highest BCUT2D eigenvalue weighted by Crippen LogP contribution is 2.38. The standard InChI is InChI=1S/C19H17NS.2C2H6/c1-6-12-14-10-15-13(7-2)18(9-4)21-19(15)11-17(14)20(5)16(12)8-3;2*1-2/h6-11H,1-4H2,5H3;2*1-2H3. The summed E-state index contributed by atoms with van der Waals surface area (Å²) in [5.74, 6) is 0. The van der Waals surface area contributed by atoms with E-state index in [1.807, 2.05) is 52.0 Å². The molecule has 0 N–H and O–H groups in total. The molecule has 0 aliphatic heterocycles. The molecule has 0 spiro atoms. The second-order valence-electron chi connectivity index (χ2n) is 4.92. The smallest absolute Gasteiger partial charge is 0.0503 e. The van der Waals surface area contributed by atoms with Crippen LogP contribution in [0, 0.1) is 0 Å². The Morgan fingerprint density at radius 3 is 1.88 bits per heavy atom. The van der Waals surface area contributed by atoms with E-state index in [-0.39, 0.29) is 0 Å². The molecule has 3 rings (SSSR count). The lowest BCUT2D eigenvalue weighted by atomic mass is 10.1. The van der Waals surface area contributed by atoms with Crippen LogP contribution in [0.2, 0.25) is 0 Å². The van der Waals surface area contributed by atoms with Crippen molar-refractivity contribution in [3.8, 4) is 0 Å². The van der Waals surface area contributed by atoms with Gasteiger partial charge in [0.15, 0.2) is 0 Å². The van der Waals surface area contributed by atoms with Gasteiger partial charge in [-0.1, -0.05) is 72.2 Å². The van der Waals surface area contributed by atoms with E-state index >= 15 is 0 Å². The highest BCUT2D eigenvalue weighted by atomic mass is 32.1. The molecule has 0 aliphatic carbocycles. The monoisotopic (exact) mass is 351 g/mol. The van der Waals surface area contributed by atoms with Gasteiger partial charge in [0.05, 0.1) is 5.52 Å². The Morgan fingerprint density at radius 1 is 0.800 bits per heavy atom. The van der Waals surface area contributed by atoms with Gasteiger partial charge in [0.2, 0.25) is 0 Å². The third kappa shape index (κ3) is 3.40. The summed E-state index contributed by atoms with van der Waals surface area (Å²) in [5, 5.41) is 2.42. The molecule has 0 amide bonds. The third-order valence-corrected chi connectivity index (χ3v) is 5.11. The number of thiophene rings is 1. The highest BCUT2D eigenvalue weighted by Gasteiger charge is 2.15. The molecule has 0 aliphatic rings. The molecule has 0 fully saturated rings. The first-order chi connectivity index (χ1) is 12.2. The molecule has 25 heavy (non-hydrogen) atoms. The van der Waals surface area contributed by atoms with Crippen molar-refractivity contribution in [2.45, 2.75) is 27.7 Å². The minimum atomic E-state index is 1.10. The largest absolute Gasteiger partial charge is 0.344 e. The van der Waals surface area contributed by atoms with Gasteiger partial charge in [-0.25, -0.2) is 0 Å². The zero-order valence-corrected chi connectivity index (χ0v) is 17.0. The van der Waals surface area contributed by atoms with Crippen LogP contribution >= 0.6 is 11.3 Å². The SMILES string of the molecule is C=Cc1sc2cc3c(cc2c1C=C)c(C=C)c(C=C)n3C.CC.CC. The second kappa shape index (κ2) is 9.24. The maximum atomic E-state index is 3.95. The molecule has 0 saturated heterocycles. The lowest BCUT2D eigenvalue weighted by molar-refractivity contribution is 0.954. The first-order valence-electron chi connectivity index (χ1n) is 8.75. The summed E-state index contributed by atoms with van der Waals surface area (Å²) in [4.78, 5) is 1.17. The average molecular weight is 352 g/mol. The minimum Gasteiger partial charge on any atom is -0.344 e. The fourth-order valence-electron chi connectivity index (χ4n) is 2.94. The molecule has 3 aromatic rings. The lowest BCUT2D eigenvalue weighted by Gasteiger charge is -1.99. The Labute approximate surface area is 156 Å². The van der Waals surface area contributed by atoms with E-state index in [0.29, 0.717) is 0 Å². The number of nitrogens with zero attached hydrogens (tertiary/aromatic N) is 1. The Balaban J connectivity index is 0.000000730. The molecule has 2 aromatic heterocycles. The molecular formula is C23H29NS. The Hall–Kier alpha value is -2.32. The highest BCUT2D eigenvalue weighted by molar-refractivity contribution is 7.20. The van der Waals surface area contributed by atoms with Crippen molar-refractivity contribution in [2.24, 2.45) is 7.05 Å². The van der Waals surface area contributed by atoms with E-state index in [9.17, 15) is 0 Å². The van der Waals surface area contributed by atoms with Crippen molar-refractivity contribution < 1.29 is 0 Å². The van der Waals surface area contributed by atoms with Crippen molar-refractivity contribution in [1.29, 1.82) is 0 Å². The van der Waals surface area contributed by atoms with Gasteiger partial charge < -0.3 is 4.57 Å². The van der Waals surface area contributed by atoms with Gasteiger partial charge in [-0.3, -0.25) is 0 Å². The van der Waals surface area contributed by atoms with Crippen molar-refractivity contribution in [2.75, 3.05) is 0 Å². The number of aromatic nitrogens is 1. The maximum Gasteiger partial charge on any atom is 0.0503 e. The fraction of sp³-hybridized carbons (Fsp3) is 0.217. The van der Waals surface area contributed by atoms with Gasteiger partial charge in [0.25, 0.3) is 0 Å². The van der Waals surface area contributed by atoms with Crippen LogP contribution in [0.3, 0.4) is 0 Å². The zero-order chi connectivity index (χ0) is 19.1. The Morgan fingerprint density at radius 2 is 1.40 bits per heavy atom. The van der Waals surface area contributed by atoms with Crippen LogP contribution in [0.1, 0.15) is 49.4 Å². The molecule has 0 unspecified atom stereocenters. The van der Waals surface area contributed by atoms with Gasteiger partial charge in [-0.15, -0.1) is 11.3 Å². The lowest BCUT2D eigenvalue weighted by Crippen LogP contribution is -1.90. The molecular weight excluding hydrogens is 322 g/mol. The topological polar surface area (TPSA) is 4.93 Å². The molecule has 2 heterocycles. The molecule has 132 valence electrons. The zero-order valence-electron chi connectivity index (χ0n) is 16.1. The quantitative estimate of drug-likeness (QED) is 0.448. The van der Waals surface area contributed by atoms with Crippen LogP contribution in [0.4, 0.5) is 0 Å². The van der Waals surface area contributed by atoms with Crippen LogP contribution in [-0.2, 0) is 7.05 Å². The summed E-state index contributed by atoms with van der Waals surface area (Å²) < 4.78 is 3.42. The summed E-state index contributed by atoms with van der Waals surface area (Å²) in [6.45, 7) is 23.7. The van der Waals surface area contributed by atoms with Crippen LogP contribution in [-0.4, -0.2) is 4.57 Å². The number of fused-ring (bicyclic) bond motifs is 2. The molecule has 2 heteroatoms. The number of rotatable bonds is 4. The molecule has 1 aromatic carbocycles. The fourth-order valence-corrected chi connectivity index (χ4v) is 4.01. The Bertz CT molecular complexity index is 919. The minimum absolute atomic E-state index is 1.10. The van der Waals surface area contributed by atoms with Gasteiger partial charge in [-0.2, -0.15) is 0 Å². The molecule has 0 bridgehead atoms. The van der Waals surface area contributed by atoms with Crippen LogP contribution in [0.15, 0.2) is 38.4 Å². The maximum absolute atomic E-state index is 3.95. The van der Waals surface area contributed by atoms with Crippen LogP contribution < -0.4 is 0 Å². The summed E-state index contributed by atoms with van der Waals surface area (Å²) in [5.41, 5.74) is 4.58. The Kier molecular flexibility index (Phi) is 7.66. The predicted octanol–water partition coefficient (Wildman–Crippen LogP) is 8.02. The number of hydrogen-bond donors (Lipinski definition) is 0. The summed E-state index contributed by atoms with van der Waals surface area (Å²) >= 11 is 1.75. The molecule has 0 saturated carbocycles. The third-order valence-electron chi connectivity index (χ3n) is 3.95. The van der Waals surface area contributed by atoms with E-state index < -0.39 is 0 Å². The van der Waals surface area contributed by atoms with Crippen molar-refractivity contribution in [3.63, 3.8) is 0 Å². The summed E-state index contributed by atoms with van der Waals surface area (Å²) in [6, 6.07) is 4.46. The van der Waals surface area contributed by atoms with E-state index in [0.717, 1.165) is 16.8 Å².